The van der Waals surface area contributed by atoms with E-state index in [0.29, 0.717) is 26.2 Å². The van der Waals surface area contributed by atoms with Gasteiger partial charge in [0.2, 0.25) is 11.8 Å². The van der Waals surface area contributed by atoms with E-state index < -0.39 is 0 Å². The number of benzene rings is 1. The number of hydrogen-bond acceptors (Lipinski definition) is 5. The number of piperazine rings is 1. The Morgan fingerprint density at radius 3 is 2.10 bits per heavy atom. The molecule has 1 unspecified atom stereocenters. The maximum absolute atomic E-state index is 13.2. The van der Waals surface area contributed by atoms with Gasteiger partial charge in [0.15, 0.2) is 0 Å². The maximum atomic E-state index is 13.2. The molecule has 1 atom stereocenters. The van der Waals surface area contributed by atoms with E-state index in [4.69, 9.17) is 4.74 Å². The second-order valence-electron chi connectivity index (χ2n) is 7.74. The predicted octanol–water partition coefficient (Wildman–Crippen LogP) is 1.02. The zero-order valence-corrected chi connectivity index (χ0v) is 17.6. The van der Waals surface area contributed by atoms with Crippen molar-refractivity contribution in [2.75, 3.05) is 59.5 Å². The Morgan fingerprint density at radius 2 is 1.59 bits per heavy atom. The lowest BCUT2D eigenvalue weighted by Gasteiger charge is -2.34. The van der Waals surface area contributed by atoms with E-state index in [1.165, 1.54) is 12.1 Å². The van der Waals surface area contributed by atoms with Crippen molar-refractivity contribution >= 4 is 11.8 Å². The summed E-state index contributed by atoms with van der Waals surface area (Å²) < 4.78 is 18.1. The molecule has 162 valence electrons. The average Bonchev–Trinajstić information content (AvgIpc) is 2.68. The molecule has 1 aliphatic rings. The van der Waals surface area contributed by atoms with Crippen LogP contribution >= 0.6 is 0 Å². The maximum Gasteiger partial charge on any atom is 0.234 e. The second kappa shape index (κ2) is 11.8. The van der Waals surface area contributed by atoms with Crippen LogP contribution in [0.25, 0.3) is 0 Å². The molecule has 7 nitrogen and oxygen atoms in total. The summed E-state index contributed by atoms with van der Waals surface area (Å²) in [5, 5.41) is 5.90. The fraction of sp³-hybridized carbons (Fsp3) is 0.619. The highest BCUT2D eigenvalue weighted by molar-refractivity contribution is 5.79. The Morgan fingerprint density at radius 1 is 1.03 bits per heavy atom. The van der Waals surface area contributed by atoms with Gasteiger partial charge in [-0.05, 0) is 23.6 Å². The third-order valence-electron chi connectivity index (χ3n) is 5.04. The Labute approximate surface area is 172 Å². The molecular formula is C21H33FN4O3. The van der Waals surface area contributed by atoms with Crippen LogP contribution in [0.5, 0.6) is 0 Å². The monoisotopic (exact) mass is 408 g/mol. The van der Waals surface area contributed by atoms with Gasteiger partial charge in [-0.3, -0.25) is 19.4 Å². The minimum atomic E-state index is -0.284. The van der Waals surface area contributed by atoms with Crippen LogP contribution in [0.2, 0.25) is 0 Å². The molecule has 0 aliphatic carbocycles. The van der Waals surface area contributed by atoms with Crippen LogP contribution < -0.4 is 10.6 Å². The topological polar surface area (TPSA) is 73.9 Å². The molecule has 1 heterocycles. The second-order valence-corrected chi connectivity index (χ2v) is 7.74. The van der Waals surface area contributed by atoms with Crippen LogP contribution in [0, 0.1) is 11.7 Å². The highest BCUT2D eigenvalue weighted by Crippen LogP contribution is 2.21. The van der Waals surface area contributed by atoms with Crippen molar-refractivity contribution in [1.29, 1.82) is 0 Å². The fourth-order valence-corrected chi connectivity index (χ4v) is 3.38. The van der Waals surface area contributed by atoms with Crippen molar-refractivity contribution in [3.8, 4) is 0 Å². The summed E-state index contributed by atoms with van der Waals surface area (Å²) in [6.07, 6.45) is 0. The molecule has 0 radical (unpaired) electrons. The van der Waals surface area contributed by atoms with Crippen LogP contribution in [0.15, 0.2) is 24.3 Å². The highest BCUT2D eigenvalue weighted by atomic mass is 19.1. The van der Waals surface area contributed by atoms with Crippen molar-refractivity contribution in [3.63, 3.8) is 0 Å². The molecule has 0 spiro atoms. The predicted molar refractivity (Wildman–Crippen MR) is 110 cm³/mol. The number of methoxy groups -OCH3 is 1. The van der Waals surface area contributed by atoms with Crippen LogP contribution in [0.1, 0.15) is 25.5 Å². The number of amides is 2. The first kappa shape index (κ1) is 23.3. The summed E-state index contributed by atoms with van der Waals surface area (Å²) in [5.74, 6) is -0.142. The van der Waals surface area contributed by atoms with Gasteiger partial charge in [0.1, 0.15) is 5.82 Å². The molecule has 1 saturated heterocycles. The number of rotatable bonds is 10. The number of halogens is 1. The molecule has 1 aromatic carbocycles. The molecule has 1 aromatic rings. The van der Waals surface area contributed by atoms with Gasteiger partial charge in [-0.15, -0.1) is 0 Å². The van der Waals surface area contributed by atoms with E-state index in [1.807, 2.05) is 13.8 Å². The molecule has 29 heavy (non-hydrogen) atoms. The molecule has 1 aliphatic heterocycles. The standard InChI is InChI=1S/C21H33FN4O3/c1-16(2)21(17-4-6-18(22)7-5-17)24-20(28)15-26-11-9-25(10-12-26)14-19(27)23-8-13-29-3/h4-7,16,21H,8-15H2,1-3H3,(H,23,27)(H,24,28). The van der Waals surface area contributed by atoms with Gasteiger partial charge in [0, 0.05) is 39.8 Å². The first-order valence-corrected chi connectivity index (χ1v) is 10.1. The summed E-state index contributed by atoms with van der Waals surface area (Å²) in [4.78, 5) is 28.6. The minimum absolute atomic E-state index is 0.00711. The number of hydrogen-bond donors (Lipinski definition) is 2. The number of carbonyl (C=O) groups excluding carboxylic acids is 2. The van der Waals surface area contributed by atoms with Crippen LogP contribution in [-0.4, -0.2) is 81.1 Å². The largest absolute Gasteiger partial charge is 0.383 e. The normalized spacial score (nSPS) is 16.6. The van der Waals surface area contributed by atoms with Crippen LogP contribution in [0.4, 0.5) is 4.39 Å². The van der Waals surface area contributed by atoms with Crippen molar-refractivity contribution in [1.82, 2.24) is 20.4 Å². The molecule has 2 N–H and O–H groups in total. The molecule has 0 saturated carbocycles. The van der Waals surface area contributed by atoms with Gasteiger partial charge >= 0.3 is 0 Å². The van der Waals surface area contributed by atoms with E-state index >= 15 is 0 Å². The first-order valence-electron chi connectivity index (χ1n) is 10.1. The van der Waals surface area contributed by atoms with E-state index in [-0.39, 0.29) is 29.6 Å². The number of ether oxygens (including phenoxy) is 1. The van der Waals surface area contributed by atoms with Gasteiger partial charge in [-0.2, -0.15) is 0 Å². The molecule has 2 rings (SSSR count). The number of nitrogens with one attached hydrogen (secondary N) is 2. The highest BCUT2D eigenvalue weighted by Gasteiger charge is 2.23. The van der Waals surface area contributed by atoms with Gasteiger partial charge in [0.25, 0.3) is 0 Å². The van der Waals surface area contributed by atoms with Crippen molar-refractivity contribution in [2.45, 2.75) is 19.9 Å². The minimum Gasteiger partial charge on any atom is -0.383 e. The van der Waals surface area contributed by atoms with Gasteiger partial charge in [0.05, 0.1) is 25.7 Å². The lowest BCUT2D eigenvalue weighted by atomic mass is 9.96. The Balaban J connectivity index is 1.75. The van der Waals surface area contributed by atoms with E-state index in [9.17, 15) is 14.0 Å². The summed E-state index contributed by atoms with van der Waals surface area (Å²) in [6, 6.07) is 6.12. The quantitative estimate of drug-likeness (QED) is 0.566. The van der Waals surface area contributed by atoms with E-state index in [2.05, 4.69) is 20.4 Å². The number of nitrogens with zero attached hydrogens (tertiary/aromatic N) is 2. The van der Waals surface area contributed by atoms with Crippen LogP contribution in [-0.2, 0) is 14.3 Å². The molecule has 0 aromatic heterocycles. The van der Waals surface area contributed by atoms with Crippen molar-refractivity contribution < 1.29 is 18.7 Å². The smallest absolute Gasteiger partial charge is 0.234 e. The molecule has 8 heteroatoms. The van der Waals surface area contributed by atoms with Crippen molar-refractivity contribution in [3.05, 3.63) is 35.6 Å². The number of carbonyl (C=O) groups is 2. The first-order chi connectivity index (χ1) is 13.9. The zero-order valence-electron chi connectivity index (χ0n) is 17.6. The zero-order chi connectivity index (χ0) is 21.2. The average molecular weight is 409 g/mol. The van der Waals surface area contributed by atoms with E-state index in [1.54, 1.807) is 19.2 Å². The van der Waals surface area contributed by atoms with Gasteiger partial charge in [-0.25, -0.2) is 4.39 Å². The summed E-state index contributed by atoms with van der Waals surface area (Å²) in [5.41, 5.74) is 0.902. The Kier molecular flexibility index (Phi) is 9.50. The molecule has 0 bridgehead atoms. The molecular weight excluding hydrogens is 375 g/mol. The van der Waals surface area contributed by atoms with Crippen LogP contribution in [0.3, 0.4) is 0 Å². The lowest BCUT2D eigenvalue weighted by Crippen LogP contribution is -2.52. The summed E-state index contributed by atoms with van der Waals surface area (Å²) >= 11 is 0. The van der Waals surface area contributed by atoms with Gasteiger partial charge < -0.3 is 15.4 Å². The molecule has 1 fully saturated rings. The molecule has 2 amide bonds. The Bertz CT molecular complexity index is 646. The summed E-state index contributed by atoms with van der Waals surface area (Å²) in [6.45, 7) is 8.73. The van der Waals surface area contributed by atoms with Crippen molar-refractivity contribution in [2.24, 2.45) is 5.92 Å². The SMILES string of the molecule is COCCNC(=O)CN1CCN(CC(=O)NC(c2ccc(F)cc2)C(C)C)CC1. The Hall–Kier alpha value is -2.03. The van der Waals surface area contributed by atoms with Gasteiger partial charge in [-0.1, -0.05) is 26.0 Å². The third-order valence-corrected chi connectivity index (χ3v) is 5.04. The lowest BCUT2D eigenvalue weighted by molar-refractivity contribution is -0.125. The third kappa shape index (κ3) is 8.08. The fourth-order valence-electron chi connectivity index (χ4n) is 3.38. The van der Waals surface area contributed by atoms with E-state index in [0.717, 1.165) is 31.7 Å². The summed E-state index contributed by atoms with van der Waals surface area (Å²) in [7, 11) is 1.60.